The van der Waals surface area contributed by atoms with Crippen LogP contribution in [0, 0.1) is 5.82 Å². The lowest BCUT2D eigenvalue weighted by Gasteiger charge is -2.25. The number of hydrogen-bond donors (Lipinski definition) is 0. The predicted molar refractivity (Wildman–Crippen MR) is 138 cm³/mol. The van der Waals surface area contributed by atoms with E-state index in [0.717, 1.165) is 36.5 Å². The van der Waals surface area contributed by atoms with Crippen molar-refractivity contribution in [2.24, 2.45) is 0 Å². The average molecular weight is 516 g/mol. The number of hydrogen-bond acceptors (Lipinski definition) is 6. The topological polar surface area (TPSA) is 78.2 Å². The minimum Gasteiger partial charge on any atom is -0.494 e. The average Bonchev–Trinajstić information content (AvgIpc) is 3.50. The van der Waals surface area contributed by atoms with E-state index in [0.29, 0.717) is 23.9 Å². The first kappa shape index (κ1) is 24.0. The summed E-state index contributed by atoms with van der Waals surface area (Å²) in [6.07, 6.45) is 3.17. The molecule has 0 fully saturated rings. The van der Waals surface area contributed by atoms with Crippen molar-refractivity contribution in [3.63, 3.8) is 0 Å². The number of halogens is 1. The van der Waals surface area contributed by atoms with Gasteiger partial charge in [-0.15, -0.1) is 0 Å². The molecule has 3 heterocycles. The van der Waals surface area contributed by atoms with E-state index >= 15 is 0 Å². The highest BCUT2D eigenvalue weighted by atomic mass is 19.1. The molecule has 0 radical (unpaired) electrons. The number of unbranched alkanes of at least 4 members (excludes halogenated alkanes) is 2. The zero-order valence-electron chi connectivity index (χ0n) is 20.9. The van der Waals surface area contributed by atoms with Crippen LogP contribution in [-0.4, -0.2) is 24.2 Å². The van der Waals surface area contributed by atoms with Gasteiger partial charge in [0.25, 0.3) is 5.91 Å². The van der Waals surface area contributed by atoms with Crippen LogP contribution in [0.5, 0.6) is 17.2 Å². The van der Waals surface area contributed by atoms with Crippen molar-refractivity contribution in [1.29, 1.82) is 0 Å². The molecular weight excluding hydrogens is 489 g/mol. The molecule has 38 heavy (non-hydrogen) atoms. The van der Waals surface area contributed by atoms with Gasteiger partial charge in [-0.2, -0.15) is 0 Å². The number of carbonyl (C=O) groups is 1. The molecule has 2 aliphatic rings. The summed E-state index contributed by atoms with van der Waals surface area (Å²) in [6, 6.07) is 15.9. The van der Waals surface area contributed by atoms with E-state index in [4.69, 9.17) is 18.6 Å². The second-order valence-corrected chi connectivity index (χ2v) is 9.46. The van der Waals surface area contributed by atoms with Crippen LogP contribution in [0.3, 0.4) is 0 Å². The Kier molecular flexibility index (Phi) is 6.23. The van der Waals surface area contributed by atoms with Gasteiger partial charge in [0.05, 0.1) is 23.6 Å². The van der Waals surface area contributed by atoms with Gasteiger partial charge in [0.15, 0.2) is 16.9 Å². The summed E-state index contributed by atoms with van der Waals surface area (Å²) in [7, 11) is 0. The summed E-state index contributed by atoms with van der Waals surface area (Å²) in [6.45, 7) is 3.10. The summed E-state index contributed by atoms with van der Waals surface area (Å²) in [5.41, 5.74) is 1.47. The van der Waals surface area contributed by atoms with Gasteiger partial charge < -0.3 is 23.5 Å². The van der Waals surface area contributed by atoms with E-state index in [2.05, 4.69) is 6.92 Å². The molecule has 7 nitrogen and oxygen atoms in total. The van der Waals surface area contributed by atoms with Gasteiger partial charge in [-0.25, -0.2) is 4.39 Å². The highest BCUT2D eigenvalue weighted by Gasteiger charge is 2.43. The van der Waals surface area contributed by atoms with Crippen molar-refractivity contribution in [1.82, 2.24) is 4.90 Å². The molecule has 1 aromatic heterocycles. The first-order valence-corrected chi connectivity index (χ1v) is 12.7. The van der Waals surface area contributed by atoms with E-state index in [1.807, 2.05) is 36.4 Å². The Morgan fingerprint density at radius 1 is 0.974 bits per heavy atom. The third-order valence-electron chi connectivity index (χ3n) is 6.93. The second-order valence-electron chi connectivity index (χ2n) is 9.46. The predicted octanol–water partition coefficient (Wildman–Crippen LogP) is 5.98. The Labute approximate surface area is 218 Å². The molecule has 1 amide bonds. The molecule has 0 saturated carbocycles. The van der Waals surface area contributed by atoms with Gasteiger partial charge in [-0.1, -0.05) is 38.0 Å². The van der Waals surface area contributed by atoms with E-state index in [-0.39, 0.29) is 35.6 Å². The highest BCUT2D eigenvalue weighted by molar-refractivity contribution is 5.99. The van der Waals surface area contributed by atoms with Crippen LogP contribution in [-0.2, 0) is 6.54 Å². The van der Waals surface area contributed by atoms with Crippen LogP contribution < -0.4 is 19.6 Å². The van der Waals surface area contributed by atoms with Gasteiger partial charge in [0.2, 0.25) is 12.6 Å². The summed E-state index contributed by atoms with van der Waals surface area (Å²) in [5.74, 6) is 0.964. The van der Waals surface area contributed by atoms with E-state index in [1.165, 1.54) is 12.1 Å². The van der Waals surface area contributed by atoms with Crippen molar-refractivity contribution >= 4 is 16.9 Å². The Hall–Kier alpha value is -4.33. The molecule has 4 aromatic rings. The lowest BCUT2D eigenvalue weighted by molar-refractivity contribution is 0.0714. The third kappa shape index (κ3) is 4.26. The summed E-state index contributed by atoms with van der Waals surface area (Å²) < 4.78 is 36.7. The van der Waals surface area contributed by atoms with E-state index in [1.54, 1.807) is 11.0 Å². The normalized spacial score (nSPS) is 15.8. The summed E-state index contributed by atoms with van der Waals surface area (Å²) in [5, 5.41) is 0.0994. The summed E-state index contributed by atoms with van der Waals surface area (Å²) >= 11 is 0. The first-order valence-electron chi connectivity index (χ1n) is 12.7. The monoisotopic (exact) mass is 515 g/mol. The molecule has 3 aromatic carbocycles. The molecule has 194 valence electrons. The summed E-state index contributed by atoms with van der Waals surface area (Å²) in [4.78, 5) is 28.9. The number of nitrogens with zero attached hydrogens (tertiary/aromatic N) is 1. The third-order valence-corrected chi connectivity index (χ3v) is 6.93. The van der Waals surface area contributed by atoms with E-state index < -0.39 is 23.2 Å². The Balaban J connectivity index is 1.41. The molecule has 8 heteroatoms. The van der Waals surface area contributed by atoms with Crippen molar-refractivity contribution in [3.8, 4) is 17.2 Å². The zero-order valence-corrected chi connectivity index (χ0v) is 20.9. The van der Waals surface area contributed by atoms with Gasteiger partial charge in [0, 0.05) is 6.54 Å². The maximum absolute atomic E-state index is 14.0. The SMILES string of the molecule is CCCCCOc1ccc([C@H]2c3c(oc4ccc(F)cc4c3=O)C(=O)N2Cc2ccc3c(c2)OCO3)cc1. The lowest BCUT2D eigenvalue weighted by atomic mass is 9.98. The maximum atomic E-state index is 14.0. The molecular formula is C30H26FNO6. The fourth-order valence-electron chi connectivity index (χ4n) is 5.03. The number of ether oxygens (including phenoxy) is 3. The fraction of sp³-hybridized carbons (Fsp3) is 0.267. The Morgan fingerprint density at radius 3 is 2.61 bits per heavy atom. The maximum Gasteiger partial charge on any atom is 0.291 e. The number of amides is 1. The molecule has 0 unspecified atom stereocenters. The molecule has 0 bridgehead atoms. The van der Waals surface area contributed by atoms with Crippen LogP contribution in [0.4, 0.5) is 4.39 Å². The minimum atomic E-state index is -0.721. The van der Waals surface area contributed by atoms with Crippen LogP contribution in [0.15, 0.2) is 69.9 Å². The fourth-order valence-corrected chi connectivity index (χ4v) is 5.03. The number of fused-ring (bicyclic) bond motifs is 3. The number of benzene rings is 3. The Morgan fingerprint density at radius 2 is 1.79 bits per heavy atom. The minimum absolute atomic E-state index is 0.0280. The van der Waals surface area contributed by atoms with Crippen molar-refractivity contribution in [2.45, 2.75) is 38.8 Å². The first-order chi connectivity index (χ1) is 18.5. The van der Waals surface area contributed by atoms with Crippen LogP contribution in [0.25, 0.3) is 11.0 Å². The van der Waals surface area contributed by atoms with Gasteiger partial charge >= 0.3 is 0 Å². The molecule has 0 saturated heterocycles. The molecule has 2 aliphatic heterocycles. The van der Waals surface area contributed by atoms with Gasteiger partial charge in [-0.05, 0) is 60.0 Å². The zero-order chi connectivity index (χ0) is 26.2. The van der Waals surface area contributed by atoms with Gasteiger partial charge in [0.1, 0.15) is 17.1 Å². The van der Waals surface area contributed by atoms with Crippen LogP contribution >= 0.6 is 0 Å². The molecule has 0 aliphatic carbocycles. The lowest BCUT2D eigenvalue weighted by Crippen LogP contribution is -2.29. The van der Waals surface area contributed by atoms with Crippen molar-refractivity contribution in [3.05, 3.63) is 99.2 Å². The molecule has 6 rings (SSSR count). The second kappa shape index (κ2) is 9.85. The molecule has 1 atom stereocenters. The van der Waals surface area contributed by atoms with E-state index in [9.17, 15) is 14.0 Å². The van der Waals surface area contributed by atoms with Gasteiger partial charge in [-0.3, -0.25) is 9.59 Å². The van der Waals surface area contributed by atoms with Crippen molar-refractivity contribution in [2.75, 3.05) is 13.4 Å². The highest BCUT2D eigenvalue weighted by Crippen LogP contribution is 2.41. The molecule has 0 spiro atoms. The number of rotatable bonds is 8. The van der Waals surface area contributed by atoms with Crippen molar-refractivity contribution < 1.29 is 27.8 Å². The smallest absolute Gasteiger partial charge is 0.291 e. The Bertz CT molecular complexity index is 1580. The molecule has 0 N–H and O–H groups in total. The van der Waals surface area contributed by atoms with Crippen LogP contribution in [0.2, 0.25) is 0 Å². The number of carbonyl (C=O) groups excluding carboxylic acids is 1. The quantitative estimate of drug-likeness (QED) is 0.269. The van der Waals surface area contributed by atoms with Crippen LogP contribution in [0.1, 0.15) is 59.5 Å². The largest absolute Gasteiger partial charge is 0.494 e. The standard InChI is InChI=1S/C30H26FNO6/c1-2-3-4-13-35-21-9-6-19(7-10-21)27-26-28(33)22-15-20(31)8-12-23(22)38-29(26)30(34)32(27)16-18-5-11-24-25(14-18)37-17-36-24/h5-12,14-15,27H,2-4,13,16-17H2,1H3/t27-/m0/s1.